The van der Waals surface area contributed by atoms with Gasteiger partial charge in [-0.05, 0) is 56.1 Å². The molecule has 1 aliphatic carbocycles. The summed E-state index contributed by atoms with van der Waals surface area (Å²) >= 11 is 1.00. The highest BCUT2D eigenvalue weighted by Crippen LogP contribution is 2.43. The Bertz CT molecular complexity index is 869. The summed E-state index contributed by atoms with van der Waals surface area (Å²) in [5, 5.41) is 0.568. The van der Waals surface area contributed by atoms with Crippen molar-refractivity contribution < 1.29 is 18.0 Å². The van der Waals surface area contributed by atoms with Crippen LogP contribution in [0.5, 0.6) is 0 Å². The fraction of sp³-hybridized carbons (Fsp3) is 0.556. The van der Waals surface area contributed by atoms with Gasteiger partial charge in [-0.2, -0.15) is 13.2 Å². The topological polar surface area (TPSA) is 59.2 Å². The maximum Gasteiger partial charge on any atom is 0.433 e. The summed E-state index contributed by atoms with van der Waals surface area (Å²) in [4.78, 5) is 19.1. The smallest absolute Gasteiger partial charge is 0.397 e. The highest BCUT2D eigenvalue weighted by molar-refractivity contribution is 7.21. The zero-order valence-corrected chi connectivity index (χ0v) is 15.1. The number of nitrogens with zero attached hydrogens (tertiary/aromatic N) is 2. The van der Waals surface area contributed by atoms with Gasteiger partial charge in [0.25, 0.3) is 5.91 Å². The standard InChI is InChI=1S/C18H20F3N3OS/c19-18(20,21)15-11-7-3-2-6-10(11)12-13(22)14(26-16(12)23-15)17(25)24-8-4-1-5-9-24/h1-9,22H2. The van der Waals surface area contributed by atoms with Crippen molar-refractivity contribution in [2.45, 2.75) is 51.1 Å². The minimum atomic E-state index is -4.49. The number of thiophene rings is 1. The normalized spacial score (nSPS) is 18.2. The molecule has 4 rings (SSSR count). The largest absolute Gasteiger partial charge is 0.433 e. The van der Waals surface area contributed by atoms with Crippen LogP contribution in [-0.4, -0.2) is 28.9 Å². The number of carbonyl (C=O) groups is 1. The fourth-order valence-electron chi connectivity index (χ4n) is 4.05. The Morgan fingerprint density at radius 2 is 1.69 bits per heavy atom. The summed E-state index contributed by atoms with van der Waals surface area (Å²) in [5.74, 6) is -0.177. The number of rotatable bonds is 1. The first kappa shape index (κ1) is 17.6. The van der Waals surface area contributed by atoms with Crippen LogP contribution in [-0.2, 0) is 19.0 Å². The second-order valence-electron chi connectivity index (χ2n) is 7.00. The number of alkyl halides is 3. The van der Waals surface area contributed by atoms with Crippen molar-refractivity contribution in [3.63, 3.8) is 0 Å². The van der Waals surface area contributed by atoms with E-state index in [2.05, 4.69) is 4.98 Å². The lowest BCUT2D eigenvalue weighted by atomic mass is 9.88. The van der Waals surface area contributed by atoms with E-state index in [4.69, 9.17) is 5.73 Å². The van der Waals surface area contributed by atoms with Crippen molar-refractivity contribution in [1.29, 1.82) is 0 Å². The number of carbonyl (C=O) groups excluding carboxylic acids is 1. The van der Waals surface area contributed by atoms with E-state index in [1.807, 2.05) is 0 Å². The lowest BCUT2D eigenvalue weighted by Gasteiger charge is -2.26. The lowest BCUT2D eigenvalue weighted by molar-refractivity contribution is -0.141. The van der Waals surface area contributed by atoms with Gasteiger partial charge in [-0.3, -0.25) is 4.79 Å². The van der Waals surface area contributed by atoms with Crippen molar-refractivity contribution in [3.8, 4) is 0 Å². The minimum Gasteiger partial charge on any atom is -0.397 e. The molecule has 0 unspecified atom stereocenters. The second kappa shape index (κ2) is 6.40. The predicted molar refractivity (Wildman–Crippen MR) is 95.4 cm³/mol. The van der Waals surface area contributed by atoms with Crippen LogP contribution < -0.4 is 5.73 Å². The first-order valence-corrected chi connectivity index (χ1v) is 9.79. The van der Waals surface area contributed by atoms with Gasteiger partial charge in [0.1, 0.15) is 15.4 Å². The van der Waals surface area contributed by atoms with Gasteiger partial charge in [0.05, 0.1) is 5.69 Å². The molecule has 140 valence electrons. The number of likely N-dealkylation sites (tertiary alicyclic amines) is 1. The van der Waals surface area contributed by atoms with Crippen LogP contribution in [0, 0.1) is 0 Å². The molecule has 4 nitrogen and oxygen atoms in total. The number of halogens is 3. The number of hydrogen-bond donors (Lipinski definition) is 1. The van der Waals surface area contributed by atoms with Gasteiger partial charge in [0.15, 0.2) is 0 Å². The third-order valence-corrected chi connectivity index (χ3v) is 6.39. The molecule has 0 radical (unpaired) electrons. The van der Waals surface area contributed by atoms with Gasteiger partial charge in [-0.25, -0.2) is 4.98 Å². The molecule has 0 spiro atoms. The molecule has 2 aromatic rings. The molecule has 0 aromatic carbocycles. The molecule has 26 heavy (non-hydrogen) atoms. The van der Waals surface area contributed by atoms with E-state index in [-0.39, 0.29) is 16.3 Å². The molecule has 1 aliphatic heterocycles. The molecule has 0 atom stereocenters. The summed E-state index contributed by atoms with van der Waals surface area (Å²) < 4.78 is 40.5. The van der Waals surface area contributed by atoms with E-state index in [1.165, 1.54) is 0 Å². The molecular weight excluding hydrogens is 363 g/mol. The first-order chi connectivity index (χ1) is 12.4. The Morgan fingerprint density at radius 1 is 1.04 bits per heavy atom. The third-order valence-electron chi connectivity index (χ3n) is 5.30. The Hall–Kier alpha value is -1.83. The van der Waals surface area contributed by atoms with Crippen LogP contribution in [0.25, 0.3) is 10.2 Å². The molecule has 0 saturated carbocycles. The summed E-state index contributed by atoms with van der Waals surface area (Å²) in [6, 6.07) is 0. The lowest BCUT2D eigenvalue weighted by Crippen LogP contribution is -2.35. The molecule has 0 bridgehead atoms. The molecule has 2 N–H and O–H groups in total. The third kappa shape index (κ3) is 2.84. The van der Waals surface area contributed by atoms with Crippen molar-refractivity contribution in [1.82, 2.24) is 9.88 Å². The quantitative estimate of drug-likeness (QED) is 0.794. The highest BCUT2D eigenvalue weighted by Gasteiger charge is 2.39. The fourth-order valence-corrected chi connectivity index (χ4v) is 5.14. The van der Waals surface area contributed by atoms with Gasteiger partial charge in [-0.15, -0.1) is 11.3 Å². The number of aryl methyl sites for hydroxylation is 1. The summed E-state index contributed by atoms with van der Waals surface area (Å²) in [6.45, 7) is 1.34. The zero-order chi connectivity index (χ0) is 18.5. The number of pyridine rings is 1. The number of fused-ring (bicyclic) bond motifs is 3. The number of aromatic nitrogens is 1. The second-order valence-corrected chi connectivity index (χ2v) is 8.00. The zero-order valence-electron chi connectivity index (χ0n) is 14.3. The Kier molecular flexibility index (Phi) is 4.33. The molecular formula is C18H20F3N3OS. The monoisotopic (exact) mass is 383 g/mol. The average Bonchev–Trinajstić information content (AvgIpc) is 2.97. The average molecular weight is 383 g/mol. The van der Waals surface area contributed by atoms with E-state index < -0.39 is 11.9 Å². The predicted octanol–water partition coefficient (Wildman–Crippen LogP) is 4.40. The van der Waals surface area contributed by atoms with Crippen LogP contribution in [0.15, 0.2) is 0 Å². The van der Waals surface area contributed by atoms with Crippen LogP contribution in [0.4, 0.5) is 18.9 Å². The summed E-state index contributed by atoms with van der Waals surface area (Å²) in [7, 11) is 0. The molecule has 1 fully saturated rings. The minimum absolute atomic E-state index is 0.177. The van der Waals surface area contributed by atoms with Crippen molar-refractivity contribution in [2.24, 2.45) is 0 Å². The van der Waals surface area contributed by atoms with E-state index in [0.717, 1.165) is 37.0 Å². The number of amides is 1. The molecule has 3 heterocycles. The van der Waals surface area contributed by atoms with E-state index in [9.17, 15) is 18.0 Å². The molecule has 2 aliphatic rings. The van der Waals surface area contributed by atoms with Crippen molar-refractivity contribution >= 4 is 33.1 Å². The maximum absolute atomic E-state index is 13.5. The van der Waals surface area contributed by atoms with Crippen LogP contribution in [0.1, 0.15) is 58.6 Å². The van der Waals surface area contributed by atoms with Crippen LogP contribution in [0.2, 0.25) is 0 Å². The molecule has 2 aromatic heterocycles. The number of anilines is 1. The van der Waals surface area contributed by atoms with E-state index in [0.29, 0.717) is 53.9 Å². The Balaban J connectivity index is 1.88. The van der Waals surface area contributed by atoms with Gasteiger partial charge in [0, 0.05) is 18.5 Å². The van der Waals surface area contributed by atoms with Crippen LogP contribution >= 0.6 is 11.3 Å². The van der Waals surface area contributed by atoms with Gasteiger partial charge in [0.2, 0.25) is 0 Å². The molecule has 1 saturated heterocycles. The molecule has 1 amide bonds. The van der Waals surface area contributed by atoms with Gasteiger partial charge in [-0.1, -0.05) is 0 Å². The van der Waals surface area contributed by atoms with E-state index >= 15 is 0 Å². The highest BCUT2D eigenvalue weighted by atomic mass is 32.1. The number of nitrogens with two attached hydrogens (primary N) is 1. The Labute approximate surface area is 153 Å². The SMILES string of the molecule is Nc1c(C(=O)N2CCCCC2)sc2nc(C(F)(F)F)c3c(c12)CCCC3. The molecule has 8 heteroatoms. The number of piperidine rings is 1. The van der Waals surface area contributed by atoms with Crippen LogP contribution in [0.3, 0.4) is 0 Å². The summed E-state index contributed by atoms with van der Waals surface area (Å²) in [6.07, 6.45) is 0.945. The number of nitrogen functional groups attached to an aromatic ring is 1. The number of hydrogen-bond acceptors (Lipinski definition) is 4. The van der Waals surface area contributed by atoms with Gasteiger partial charge < -0.3 is 10.6 Å². The Morgan fingerprint density at radius 3 is 2.35 bits per heavy atom. The first-order valence-electron chi connectivity index (χ1n) is 8.98. The summed E-state index contributed by atoms with van der Waals surface area (Å²) in [5.41, 5.74) is 6.67. The maximum atomic E-state index is 13.5. The van der Waals surface area contributed by atoms with Gasteiger partial charge >= 0.3 is 6.18 Å². The van der Waals surface area contributed by atoms with Crippen molar-refractivity contribution in [3.05, 3.63) is 21.7 Å². The van der Waals surface area contributed by atoms with E-state index in [1.54, 1.807) is 4.90 Å². The van der Waals surface area contributed by atoms with Crippen molar-refractivity contribution in [2.75, 3.05) is 18.8 Å².